The third-order valence-corrected chi connectivity index (χ3v) is 4.62. The third-order valence-electron chi connectivity index (χ3n) is 4.04. The van der Waals surface area contributed by atoms with E-state index in [4.69, 9.17) is 0 Å². The molecule has 4 heteroatoms. The largest absolute Gasteiger partial charge is 0.306 e. The van der Waals surface area contributed by atoms with E-state index in [0.717, 1.165) is 17.4 Å². The predicted octanol–water partition coefficient (Wildman–Crippen LogP) is 4.00. The van der Waals surface area contributed by atoms with Crippen LogP contribution in [0.15, 0.2) is 10.7 Å². The number of hydrogen-bond acceptors (Lipinski definition) is 2. The molecule has 0 radical (unpaired) electrons. The lowest BCUT2D eigenvalue weighted by Crippen LogP contribution is -2.43. The van der Waals surface area contributed by atoms with Gasteiger partial charge < -0.3 is 5.32 Å². The monoisotopic (exact) mass is 313 g/mol. The second-order valence-electron chi connectivity index (χ2n) is 5.55. The van der Waals surface area contributed by atoms with E-state index >= 15 is 0 Å². The van der Waals surface area contributed by atoms with Crippen molar-refractivity contribution in [1.82, 2.24) is 15.1 Å². The minimum Gasteiger partial charge on any atom is -0.306 e. The Morgan fingerprint density at radius 3 is 2.89 bits per heavy atom. The molecule has 3 nitrogen and oxygen atoms in total. The first-order chi connectivity index (χ1) is 8.60. The quantitative estimate of drug-likeness (QED) is 0.914. The Morgan fingerprint density at radius 2 is 2.22 bits per heavy atom. The van der Waals surface area contributed by atoms with E-state index in [1.807, 2.05) is 6.20 Å². The van der Waals surface area contributed by atoms with Gasteiger partial charge in [0.05, 0.1) is 21.9 Å². The Bertz CT molecular complexity index is 390. The Kier molecular flexibility index (Phi) is 4.49. The summed E-state index contributed by atoms with van der Waals surface area (Å²) in [7, 11) is 0. The second kappa shape index (κ2) is 5.74. The Labute approximate surface area is 118 Å². The van der Waals surface area contributed by atoms with Crippen LogP contribution in [0.25, 0.3) is 0 Å². The van der Waals surface area contributed by atoms with Crippen LogP contribution in [-0.4, -0.2) is 16.3 Å². The third kappa shape index (κ3) is 2.50. The molecule has 1 unspecified atom stereocenters. The number of rotatable bonds is 3. The fourth-order valence-electron chi connectivity index (χ4n) is 3.00. The minimum atomic E-state index is 0.0934. The van der Waals surface area contributed by atoms with E-state index < -0.39 is 0 Å². The van der Waals surface area contributed by atoms with Crippen LogP contribution in [0.1, 0.15) is 64.6 Å². The molecule has 0 spiro atoms. The Hall–Kier alpha value is -0.350. The number of hydrogen-bond donors (Lipinski definition) is 1. The molecule has 1 aliphatic heterocycles. The average molecular weight is 314 g/mol. The van der Waals surface area contributed by atoms with Gasteiger partial charge in [0.25, 0.3) is 0 Å². The van der Waals surface area contributed by atoms with Crippen LogP contribution in [0.2, 0.25) is 0 Å². The van der Waals surface area contributed by atoms with Crippen molar-refractivity contribution in [3.63, 3.8) is 0 Å². The highest BCUT2D eigenvalue weighted by Gasteiger charge is 2.36. The lowest BCUT2D eigenvalue weighted by Gasteiger charge is -2.34. The fraction of sp³-hybridized carbons (Fsp3) is 0.786. The molecule has 18 heavy (non-hydrogen) atoms. The maximum Gasteiger partial charge on any atom is 0.0730 e. The molecule has 1 saturated heterocycles. The van der Waals surface area contributed by atoms with Crippen molar-refractivity contribution >= 4 is 15.9 Å². The van der Waals surface area contributed by atoms with Gasteiger partial charge in [0.2, 0.25) is 0 Å². The molecule has 1 aromatic heterocycles. The molecule has 1 fully saturated rings. The lowest BCUT2D eigenvalue weighted by atomic mass is 9.87. The standard InChI is InChI=1S/C14H24BrN3/c1-4-14(8-6-5-7-9-16-14)13-12(15)10-17-18(13)11(2)3/h10-11,16H,4-9H2,1-3H3. The van der Waals surface area contributed by atoms with Gasteiger partial charge in [-0.25, -0.2) is 0 Å². The van der Waals surface area contributed by atoms with Crippen LogP contribution < -0.4 is 5.32 Å². The molecular formula is C14H24BrN3. The van der Waals surface area contributed by atoms with Crippen molar-refractivity contribution in [2.75, 3.05) is 6.54 Å². The van der Waals surface area contributed by atoms with Crippen LogP contribution in [0.5, 0.6) is 0 Å². The molecule has 2 heterocycles. The summed E-state index contributed by atoms with van der Waals surface area (Å²) in [4.78, 5) is 0. The molecular weight excluding hydrogens is 290 g/mol. The molecule has 0 aromatic carbocycles. The topological polar surface area (TPSA) is 29.9 Å². The lowest BCUT2D eigenvalue weighted by molar-refractivity contribution is 0.279. The minimum absolute atomic E-state index is 0.0934. The zero-order chi connectivity index (χ0) is 13.2. The second-order valence-corrected chi connectivity index (χ2v) is 6.41. The SMILES string of the molecule is CCC1(c2c(Br)cnn2C(C)C)CCCCCN1. The zero-order valence-corrected chi connectivity index (χ0v) is 13.3. The molecule has 0 aliphatic carbocycles. The number of aromatic nitrogens is 2. The van der Waals surface area contributed by atoms with Gasteiger partial charge in [0.15, 0.2) is 0 Å². The molecule has 1 N–H and O–H groups in total. The van der Waals surface area contributed by atoms with Gasteiger partial charge in [0, 0.05) is 6.04 Å². The van der Waals surface area contributed by atoms with Crippen LogP contribution in [0.4, 0.5) is 0 Å². The van der Waals surface area contributed by atoms with E-state index in [-0.39, 0.29) is 5.54 Å². The highest BCUT2D eigenvalue weighted by molar-refractivity contribution is 9.10. The van der Waals surface area contributed by atoms with E-state index in [9.17, 15) is 0 Å². The van der Waals surface area contributed by atoms with Gasteiger partial charge in [0.1, 0.15) is 0 Å². The van der Waals surface area contributed by atoms with Gasteiger partial charge in [-0.3, -0.25) is 4.68 Å². The molecule has 0 bridgehead atoms. The van der Waals surface area contributed by atoms with Gasteiger partial charge in [-0.2, -0.15) is 5.10 Å². The fourth-order valence-corrected chi connectivity index (χ4v) is 3.65. The summed E-state index contributed by atoms with van der Waals surface area (Å²) in [5.41, 5.74) is 1.43. The van der Waals surface area contributed by atoms with Crippen molar-refractivity contribution in [2.24, 2.45) is 0 Å². The molecule has 0 saturated carbocycles. The molecule has 2 rings (SSSR count). The number of halogens is 1. The van der Waals surface area contributed by atoms with Crippen molar-refractivity contribution < 1.29 is 0 Å². The Balaban J connectivity index is 2.45. The molecule has 1 atom stereocenters. The zero-order valence-electron chi connectivity index (χ0n) is 11.7. The van der Waals surface area contributed by atoms with E-state index in [0.29, 0.717) is 6.04 Å². The van der Waals surface area contributed by atoms with Crippen LogP contribution in [-0.2, 0) is 5.54 Å². The maximum absolute atomic E-state index is 4.54. The van der Waals surface area contributed by atoms with Crippen LogP contribution >= 0.6 is 15.9 Å². The van der Waals surface area contributed by atoms with Crippen molar-refractivity contribution in [1.29, 1.82) is 0 Å². The summed E-state index contributed by atoms with van der Waals surface area (Å²) in [6.45, 7) is 7.79. The normalized spacial score (nSPS) is 25.4. The average Bonchev–Trinajstić information content (AvgIpc) is 2.61. The van der Waals surface area contributed by atoms with E-state index in [1.165, 1.54) is 31.4 Å². The maximum atomic E-state index is 4.54. The first kappa shape index (κ1) is 14.1. The number of nitrogens with one attached hydrogen (secondary N) is 1. The van der Waals surface area contributed by atoms with Crippen molar-refractivity contribution in [3.8, 4) is 0 Å². The first-order valence-corrected chi connectivity index (χ1v) is 7.88. The summed E-state index contributed by atoms with van der Waals surface area (Å²) in [5.74, 6) is 0. The number of nitrogens with zero attached hydrogens (tertiary/aromatic N) is 2. The predicted molar refractivity (Wildman–Crippen MR) is 78.8 cm³/mol. The highest BCUT2D eigenvalue weighted by atomic mass is 79.9. The molecule has 102 valence electrons. The summed E-state index contributed by atoms with van der Waals surface area (Å²) < 4.78 is 3.32. The molecule has 1 aliphatic rings. The van der Waals surface area contributed by atoms with Gasteiger partial charge >= 0.3 is 0 Å². The van der Waals surface area contributed by atoms with Gasteiger partial charge in [-0.15, -0.1) is 0 Å². The Morgan fingerprint density at radius 1 is 1.44 bits per heavy atom. The van der Waals surface area contributed by atoms with E-state index in [1.54, 1.807) is 0 Å². The summed E-state index contributed by atoms with van der Waals surface area (Å²) in [6, 6.07) is 0.403. The molecule has 0 amide bonds. The van der Waals surface area contributed by atoms with Crippen molar-refractivity contribution in [3.05, 3.63) is 16.4 Å². The smallest absolute Gasteiger partial charge is 0.0730 e. The van der Waals surface area contributed by atoms with Crippen LogP contribution in [0, 0.1) is 0 Å². The van der Waals surface area contributed by atoms with Crippen LogP contribution in [0.3, 0.4) is 0 Å². The highest BCUT2D eigenvalue weighted by Crippen LogP contribution is 2.38. The summed E-state index contributed by atoms with van der Waals surface area (Å²) in [6.07, 6.45) is 8.19. The van der Waals surface area contributed by atoms with Gasteiger partial charge in [-0.1, -0.05) is 19.8 Å². The van der Waals surface area contributed by atoms with E-state index in [2.05, 4.69) is 51.8 Å². The summed E-state index contributed by atoms with van der Waals surface area (Å²) in [5, 5.41) is 8.34. The first-order valence-electron chi connectivity index (χ1n) is 7.09. The van der Waals surface area contributed by atoms with Crippen molar-refractivity contribution in [2.45, 2.75) is 64.5 Å². The molecule has 1 aromatic rings. The van der Waals surface area contributed by atoms with Gasteiger partial charge in [-0.05, 0) is 55.6 Å². The summed E-state index contributed by atoms with van der Waals surface area (Å²) >= 11 is 3.70.